The van der Waals surface area contributed by atoms with E-state index in [9.17, 15) is 10.4 Å². The van der Waals surface area contributed by atoms with E-state index in [1.807, 2.05) is 37.8 Å². The fourth-order valence-electron chi connectivity index (χ4n) is 3.09. The molecule has 2 atom stereocenters. The zero-order valence-electron chi connectivity index (χ0n) is 13.7. The molecule has 0 saturated carbocycles. The molecule has 0 radical (unpaired) electrons. The fourth-order valence-corrected chi connectivity index (χ4v) is 3.09. The van der Waals surface area contributed by atoms with Crippen LogP contribution < -0.4 is 4.90 Å². The Hall–Kier alpha value is -2.39. The summed E-state index contributed by atoms with van der Waals surface area (Å²) >= 11 is 0. The monoisotopic (exact) mass is 311 g/mol. The van der Waals surface area contributed by atoms with Crippen LogP contribution in [0.5, 0.6) is 0 Å². The van der Waals surface area contributed by atoms with E-state index in [0.717, 1.165) is 29.1 Å². The molecule has 1 aliphatic heterocycles. The predicted molar refractivity (Wildman–Crippen MR) is 87.2 cm³/mol. The standard InChI is InChI=1S/C17H21N5O/c1-10-4-13(7-18)17(19-12(10)3)22-8-14(16(23)9-22)6-15-5-11(2)20-21-15/h4-5,14,16,23H,6,8-9H2,1-3H3,(H,20,21)/t14-,16-/m1/s1. The SMILES string of the molecule is Cc1cc(C[C@@H]2CN(c3nc(C)c(C)cc3C#N)C[C@H]2O)n[nH]1. The van der Waals surface area contributed by atoms with Gasteiger partial charge < -0.3 is 10.0 Å². The number of nitrogens with zero attached hydrogens (tertiary/aromatic N) is 4. The zero-order valence-corrected chi connectivity index (χ0v) is 13.7. The largest absolute Gasteiger partial charge is 0.391 e. The number of hydrogen-bond acceptors (Lipinski definition) is 5. The number of aromatic amines is 1. The molecule has 6 nitrogen and oxygen atoms in total. The molecule has 23 heavy (non-hydrogen) atoms. The molecule has 1 saturated heterocycles. The van der Waals surface area contributed by atoms with E-state index < -0.39 is 6.10 Å². The second-order valence-corrected chi connectivity index (χ2v) is 6.35. The Bertz CT molecular complexity index is 761. The molecule has 0 amide bonds. The van der Waals surface area contributed by atoms with Crippen LogP contribution in [0.1, 0.15) is 28.2 Å². The maximum atomic E-state index is 10.4. The van der Waals surface area contributed by atoms with Crippen molar-refractivity contribution < 1.29 is 5.11 Å². The molecule has 2 N–H and O–H groups in total. The van der Waals surface area contributed by atoms with Crippen molar-refractivity contribution in [2.45, 2.75) is 33.3 Å². The lowest BCUT2D eigenvalue weighted by atomic mass is 10.0. The molecule has 1 aliphatic rings. The highest BCUT2D eigenvalue weighted by atomic mass is 16.3. The average Bonchev–Trinajstić information content (AvgIpc) is 3.08. The molecule has 2 aromatic heterocycles. The Kier molecular flexibility index (Phi) is 4.05. The molecule has 6 heteroatoms. The molecule has 3 rings (SSSR count). The summed E-state index contributed by atoms with van der Waals surface area (Å²) in [4.78, 5) is 6.59. The summed E-state index contributed by atoms with van der Waals surface area (Å²) in [6.07, 6.45) is 0.274. The van der Waals surface area contributed by atoms with Crippen molar-refractivity contribution in [3.63, 3.8) is 0 Å². The summed E-state index contributed by atoms with van der Waals surface area (Å²) in [7, 11) is 0. The first-order valence-corrected chi connectivity index (χ1v) is 7.80. The molecule has 120 valence electrons. The third-order valence-corrected chi connectivity index (χ3v) is 4.50. The quantitative estimate of drug-likeness (QED) is 0.899. The number of β-amino-alcohol motifs (C(OH)–C–C–N with tert-alkyl or cyclic N) is 1. The van der Waals surface area contributed by atoms with E-state index in [-0.39, 0.29) is 5.92 Å². The number of aliphatic hydroxyl groups excluding tert-OH is 1. The van der Waals surface area contributed by atoms with Crippen LogP contribution in [-0.4, -0.2) is 39.5 Å². The number of aliphatic hydroxyl groups is 1. The Morgan fingerprint density at radius 1 is 1.35 bits per heavy atom. The Morgan fingerprint density at radius 3 is 2.78 bits per heavy atom. The number of nitrogens with one attached hydrogen (secondary N) is 1. The van der Waals surface area contributed by atoms with Crippen LogP contribution in [0.15, 0.2) is 12.1 Å². The average molecular weight is 311 g/mol. The molecule has 0 bridgehead atoms. The van der Waals surface area contributed by atoms with Gasteiger partial charge in [-0.05, 0) is 44.9 Å². The van der Waals surface area contributed by atoms with Gasteiger partial charge in [0.05, 0.1) is 17.4 Å². The zero-order chi connectivity index (χ0) is 16.6. The van der Waals surface area contributed by atoms with E-state index in [2.05, 4.69) is 21.3 Å². The number of anilines is 1. The van der Waals surface area contributed by atoms with Crippen LogP contribution in [0, 0.1) is 38.0 Å². The minimum atomic E-state index is -0.443. The van der Waals surface area contributed by atoms with Gasteiger partial charge in [0.1, 0.15) is 11.9 Å². The van der Waals surface area contributed by atoms with Crippen molar-refractivity contribution in [1.82, 2.24) is 15.2 Å². The first-order valence-electron chi connectivity index (χ1n) is 7.80. The molecule has 0 aromatic carbocycles. The Morgan fingerprint density at radius 2 is 2.13 bits per heavy atom. The van der Waals surface area contributed by atoms with Crippen LogP contribution in [-0.2, 0) is 6.42 Å². The maximum absolute atomic E-state index is 10.4. The van der Waals surface area contributed by atoms with Gasteiger partial charge in [0.25, 0.3) is 0 Å². The van der Waals surface area contributed by atoms with Crippen LogP contribution >= 0.6 is 0 Å². The van der Waals surface area contributed by atoms with E-state index >= 15 is 0 Å². The van der Waals surface area contributed by atoms with Crippen molar-refractivity contribution in [3.8, 4) is 6.07 Å². The van der Waals surface area contributed by atoms with Crippen LogP contribution in [0.3, 0.4) is 0 Å². The predicted octanol–water partition coefficient (Wildman–Crippen LogP) is 1.64. The second-order valence-electron chi connectivity index (χ2n) is 6.35. The van der Waals surface area contributed by atoms with Crippen LogP contribution in [0.25, 0.3) is 0 Å². The molecule has 0 unspecified atom stereocenters. The second kappa shape index (κ2) is 6.01. The number of pyridine rings is 1. The van der Waals surface area contributed by atoms with Gasteiger partial charge in [-0.15, -0.1) is 0 Å². The van der Waals surface area contributed by atoms with Gasteiger partial charge in [-0.25, -0.2) is 4.98 Å². The highest BCUT2D eigenvalue weighted by Gasteiger charge is 2.33. The van der Waals surface area contributed by atoms with Gasteiger partial charge in [0.15, 0.2) is 0 Å². The topological polar surface area (TPSA) is 88.8 Å². The summed E-state index contributed by atoms with van der Waals surface area (Å²) in [5, 5.41) is 26.9. The smallest absolute Gasteiger partial charge is 0.146 e. The van der Waals surface area contributed by atoms with Crippen molar-refractivity contribution in [2.24, 2.45) is 5.92 Å². The van der Waals surface area contributed by atoms with Gasteiger partial charge in [0, 0.05) is 30.4 Å². The van der Waals surface area contributed by atoms with E-state index in [4.69, 9.17) is 0 Å². The van der Waals surface area contributed by atoms with Gasteiger partial charge in [-0.2, -0.15) is 10.4 Å². The lowest BCUT2D eigenvalue weighted by Crippen LogP contribution is -2.23. The molecule has 2 aromatic rings. The van der Waals surface area contributed by atoms with E-state index in [0.29, 0.717) is 24.5 Å². The van der Waals surface area contributed by atoms with Crippen molar-refractivity contribution in [1.29, 1.82) is 5.26 Å². The summed E-state index contributed by atoms with van der Waals surface area (Å²) in [6, 6.07) is 6.09. The number of aryl methyl sites for hydroxylation is 3. The summed E-state index contributed by atoms with van der Waals surface area (Å²) in [6.45, 7) is 7.03. The third kappa shape index (κ3) is 3.06. The van der Waals surface area contributed by atoms with E-state index in [1.165, 1.54) is 0 Å². The van der Waals surface area contributed by atoms with Crippen LogP contribution in [0.4, 0.5) is 5.82 Å². The lowest BCUT2D eigenvalue weighted by Gasteiger charge is -2.19. The minimum Gasteiger partial charge on any atom is -0.391 e. The number of nitriles is 1. The van der Waals surface area contributed by atoms with Crippen molar-refractivity contribution >= 4 is 5.82 Å². The molecule has 0 aliphatic carbocycles. The molecule has 0 spiro atoms. The third-order valence-electron chi connectivity index (χ3n) is 4.50. The molecular formula is C17H21N5O. The minimum absolute atomic E-state index is 0.0904. The molecular weight excluding hydrogens is 290 g/mol. The number of rotatable bonds is 3. The normalized spacial score (nSPS) is 20.7. The summed E-state index contributed by atoms with van der Waals surface area (Å²) < 4.78 is 0. The van der Waals surface area contributed by atoms with Gasteiger partial charge in [-0.3, -0.25) is 5.10 Å². The van der Waals surface area contributed by atoms with Gasteiger partial charge >= 0.3 is 0 Å². The molecule has 1 fully saturated rings. The van der Waals surface area contributed by atoms with Crippen LogP contribution in [0.2, 0.25) is 0 Å². The number of aromatic nitrogens is 3. The highest BCUT2D eigenvalue weighted by Crippen LogP contribution is 2.28. The van der Waals surface area contributed by atoms with Crippen molar-refractivity contribution in [3.05, 3.63) is 40.3 Å². The van der Waals surface area contributed by atoms with Crippen molar-refractivity contribution in [2.75, 3.05) is 18.0 Å². The first kappa shape index (κ1) is 15.5. The van der Waals surface area contributed by atoms with Gasteiger partial charge in [-0.1, -0.05) is 0 Å². The number of H-pyrrole nitrogens is 1. The van der Waals surface area contributed by atoms with Gasteiger partial charge in [0.2, 0.25) is 0 Å². The molecule has 3 heterocycles. The Labute approximate surface area is 135 Å². The lowest BCUT2D eigenvalue weighted by molar-refractivity contribution is 0.148. The fraction of sp³-hybridized carbons (Fsp3) is 0.471. The first-order chi connectivity index (χ1) is 11.0. The highest BCUT2D eigenvalue weighted by molar-refractivity contribution is 5.56. The van der Waals surface area contributed by atoms with E-state index in [1.54, 1.807) is 0 Å². The maximum Gasteiger partial charge on any atom is 0.146 e. The summed E-state index contributed by atoms with van der Waals surface area (Å²) in [5.41, 5.74) is 4.47. The Balaban J connectivity index is 1.81. The number of hydrogen-bond donors (Lipinski definition) is 2. The summed E-state index contributed by atoms with van der Waals surface area (Å²) in [5.74, 6) is 0.767.